The van der Waals surface area contributed by atoms with Crippen molar-refractivity contribution in [1.29, 1.82) is 0 Å². The molecule has 4 nitrogen and oxygen atoms in total. The predicted molar refractivity (Wildman–Crippen MR) is 43.4 cm³/mol. The van der Waals surface area contributed by atoms with E-state index in [2.05, 4.69) is 10.3 Å². The minimum absolute atomic E-state index is 0.466. The summed E-state index contributed by atoms with van der Waals surface area (Å²) in [4.78, 5) is 0. The fourth-order valence-electron chi connectivity index (χ4n) is 1.05. The zero-order chi connectivity index (χ0) is 8.39. The van der Waals surface area contributed by atoms with E-state index in [0.717, 1.165) is 10.9 Å². The lowest BCUT2D eigenvalue weighted by atomic mass is 10.2. The highest BCUT2D eigenvalue weighted by molar-refractivity contribution is 5.95. The summed E-state index contributed by atoms with van der Waals surface area (Å²) in [5.41, 5.74) is 0.757. The van der Waals surface area contributed by atoms with E-state index in [1.807, 2.05) is 24.3 Å². The average Bonchev–Trinajstić information content (AvgIpc) is 2.50. The van der Waals surface area contributed by atoms with Gasteiger partial charge < -0.3 is 9.73 Å². The van der Waals surface area contributed by atoms with Crippen LogP contribution in [0.1, 0.15) is 5.76 Å². The quantitative estimate of drug-likeness (QED) is 0.394. The van der Waals surface area contributed by atoms with E-state index in [1.54, 1.807) is 0 Å². The molecular formula is C8H6N2O2. The second-order valence-corrected chi connectivity index (χ2v) is 2.31. The maximum atomic E-state index is 8.28. The maximum absolute atomic E-state index is 8.28. The van der Waals surface area contributed by atoms with Gasteiger partial charge in [0.15, 0.2) is 5.76 Å². The van der Waals surface area contributed by atoms with Gasteiger partial charge >= 0.3 is 0 Å². The number of aromatic nitrogens is 1. The number of fused-ring (bicyclic) bond motifs is 1. The van der Waals surface area contributed by atoms with Crippen molar-refractivity contribution >= 4 is 17.1 Å². The minimum atomic E-state index is 0.466. The predicted octanol–water partition coefficient (Wildman–Crippen LogP) is 1.64. The van der Waals surface area contributed by atoms with Gasteiger partial charge in [-0.1, -0.05) is 22.4 Å². The summed E-state index contributed by atoms with van der Waals surface area (Å²) in [7, 11) is 0. The topological polar surface area (TPSA) is 58.6 Å². The third-order valence-corrected chi connectivity index (χ3v) is 1.59. The van der Waals surface area contributed by atoms with Crippen molar-refractivity contribution in [3.63, 3.8) is 0 Å². The van der Waals surface area contributed by atoms with E-state index in [4.69, 9.17) is 9.73 Å². The molecule has 2 rings (SSSR count). The molecule has 12 heavy (non-hydrogen) atoms. The maximum Gasteiger partial charge on any atom is 0.189 e. The van der Waals surface area contributed by atoms with Crippen molar-refractivity contribution in [2.45, 2.75) is 0 Å². The lowest BCUT2D eigenvalue weighted by Crippen LogP contribution is -1.75. The lowest BCUT2D eigenvalue weighted by Gasteiger charge is -1.83. The molecule has 60 valence electrons. The Hall–Kier alpha value is -1.84. The van der Waals surface area contributed by atoms with E-state index < -0.39 is 0 Å². The van der Waals surface area contributed by atoms with Crippen molar-refractivity contribution in [1.82, 2.24) is 5.16 Å². The van der Waals surface area contributed by atoms with Crippen LogP contribution in [0.2, 0.25) is 0 Å². The van der Waals surface area contributed by atoms with Crippen LogP contribution < -0.4 is 0 Å². The molecule has 1 aromatic carbocycles. The zero-order valence-electron chi connectivity index (χ0n) is 6.14. The Bertz CT molecular complexity index is 420. The van der Waals surface area contributed by atoms with E-state index >= 15 is 0 Å². The normalized spacial score (nSPS) is 11.3. The number of oxime groups is 1. The molecule has 1 heterocycles. The Morgan fingerprint density at radius 1 is 1.42 bits per heavy atom. The summed E-state index contributed by atoms with van der Waals surface area (Å²) < 4.78 is 4.90. The van der Waals surface area contributed by atoms with Crippen LogP contribution in [0.5, 0.6) is 0 Å². The fraction of sp³-hybridized carbons (Fsp3) is 0. The minimum Gasteiger partial charge on any atom is -0.411 e. The van der Waals surface area contributed by atoms with E-state index in [1.165, 1.54) is 6.21 Å². The van der Waals surface area contributed by atoms with Gasteiger partial charge in [-0.2, -0.15) is 0 Å². The molecule has 0 aliphatic rings. The number of hydrogen-bond acceptors (Lipinski definition) is 4. The molecule has 0 bridgehead atoms. The lowest BCUT2D eigenvalue weighted by molar-refractivity contribution is 0.319. The second-order valence-electron chi connectivity index (χ2n) is 2.31. The molecule has 0 amide bonds. The fourth-order valence-corrected chi connectivity index (χ4v) is 1.05. The molecule has 0 aliphatic carbocycles. The van der Waals surface area contributed by atoms with Gasteiger partial charge in [0.25, 0.3) is 0 Å². The summed E-state index contributed by atoms with van der Waals surface area (Å²) in [6.07, 6.45) is 1.22. The number of rotatable bonds is 1. The largest absolute Gasteiger partial charge is 0.411 e. The first-order valence-electron chi connectivity index (χ1n) is 3.43. The van der Waals surface area contributed by atoms with Crippen LogP contribution in [0.4, 0.5) is 0 Å². The summed E-state index contributed by atoms with van der Waals surface area (Å²) in [6, 6.07) is 7.41. The third-order valence-electron chi connectivity index (χ3n) is 1.59. The molecule has 4 heteroatoms. The summed E-state index contributed by atoms with van der Waals surface area (Å²) >= 11 is 0. The SMILES string of the molecule is ON=Cc1onc2ccccc12. The molecule has 0 spiro atoms. The first-order chi connectivity index (χ1) is 5.92. The van der Waals surface area contributed by atoms with Crippen molar-refractivity contribution in [3.8, 4) is 0 Å². The molecule has 0 fully saturated rings. The molecular weight excluding hydrogens is 156 g/mol. The first-order valence-corrected chi connectivity index (χ1v) is 3.43. The van der Waals surface area contributed by atoms with Crippen molar-refractivity contribution < 1.29 is 9.73 Å². The molecule has 1 N–H and O–H groups in total. The van der Waals surface area contributed by atoms with Gasteiger partial charge in [0.1, 0.15) is 11.7 Å². The number of nitrogens with zero attached hydrogens (tertiary/aromatic N) is 2. The number of hydrogen-bond donors (Lipinski definition) is 1. The van der Waals surface area contributed by atoms with Crippen LogP contribution in [0.15, 0.2) is 33.9 Å². The third kappa shape index (κ3) is 0.934. The standard InChI is InChI=1S/C8H6N2O2/c11-9-5-8-6-3-1-2-4-7(6)10-12-8/h1-5,11H. The summed E-state index contributed by atoms with van der Waals surface area (Å²) in [6.45, 7) is 0. The molecule has 0 aliphatic heterocycles. The van der Waals surface area contributed by atoms with Crippen LogP contribution in [-0.2, 0) is 0 Å². The molecule has 2 aromatic rings. The zero-order valence-corrected chi connectivity index (χ0v) is 6.14. The smallest absolute Gasteiger partial charge is 0.189 e. The van der Waals surface area contributed by atoms with Crippen molar-refractivity contribution in [2.75, 3.05) is 0 Å². The van der Waals surface area contributed by atoms with Crippen LogP contribution >= 0.6 is 0 Å². The van der Waals surface area contributed by atoms with E-state index in [9.17, 15) is 0 Å². The molecule has 0 atom stereocenters. The van der Waals surface area contributed by atoms with Gasteiger partial charge in [0.2, 0.25) is 0 Å². The highest BCUT2D eigenvalue weighted by Crippen LogP contribution is 2.15. The van der Waals surface area contributed by atoms with Gasteiger partial charge in [0.05, 0.1) is 5.39 Å². The van der Waals surface area contributed by atoms with E-state index in [0.29, 0.717) is 5.76 Å². The van der Waals surface area contributed by atoms with Crippen LogP contribution in [-0.4, -0.2) is 16.6 Å². The Labute approximate surface area is 68.1 Å². The van der Waals surface area contributed by atoms with Crippen LogP contribution in [0.25, 0.3) is 10.9 Å². The second kappa shape index (κ2) is 2.65. The molecule has 0 unspecified atom stereocenters. The highest BCUT2D eigenvalue weighted by Gasteiger charge is 2.03. The Morgan fingerprint density at radius 2 is 2.25 bits per heavy atom. The summed E-state index contributed by atoms with van der Waals surface area (Å²) in [5.74, 6) is 0.466. The Morgan fingerprint density at radius 3 is 3.08 bits per heavy atom. The monoisotopic (exact) mass is 162 g/mol. The van der Waals surface area contributed by atoms with Gasteiger partial charge in [-0.05, 0) is 12.1 Å². The van der Waals surface area contributed by atoms with Gasteiger partial charge in [-0.3, -0.25) is 0 Å². The molecule has 1 aromatic heterocycles. The first kappa shape index (κ1) is 6.84. The van der Waals surface area contributed by atoms with Crippen LogP contribution in [0, 0.1) is 0 Å². The molecule has 0 radical (unpaired) electrons. The van der Waals surface area contributed by atoms with Gasteiger partial charge in [0, 0.05) is 0 Å². The van der Waals surface area contributed by atoms with E-state index in [-0.39, 0.29) is 0 Å². The van der Waals surface area contributed by atoms with Crippen LogP contribution in [0.3, 0.4) is 0 Å². The Balaban J connectivity index is 2.70. The molecule has 0 saturated heterocycles. The van der Waals surface area contributed by atoms with Gasteiger partial charge in [-0.25, -0.2) is 0 Å². The van der Waals surface area contributed by atoms with Crippen molar-refractivity contribution in [3.05, 3.63) is 30.0 Å². The number of benzene rings is 1. The van der Waals surface area contributed by atoms with Crippen molar-refractivity contribution in [2.24, 2.45) is 5.16 Å². The average molecular weight is 162 g/mol. The summed E-state index contributed by atoms with van der Waals surface area (Å²) in [5, 5.41) is 15.8. The van der Waals surface area contributed by atoms with Gasteiger partial charge in [-0.15, -0.1) is 0 Å². The molecule has 0 saturated carbocycles. The highest BCUT2D eigenvalue weighted by atomic mass is 16.5. The Kier molecular flexibility index (Phi) is 1.51.